The van der Waals surface area contributed by atoms with Crippen LogP contribution in [-0.4, -0.2) is 64.7 Å². The lowest BCUT2D eigenvalue weighted by Crippen LogP contribution is -2.52. The summed E-state index contributed by atoms with van der Waals surface area (Å²) in [6, 6.07) is 1.33. The van der Waals surface area contributed by atoms with E-state index in [1.165, 1.54) is 0 Å². The minimum atomic E-state index is -0.748. The summed E-state index contributed by atoms with van der Waals surface area (Å²) < 4.78 is 0. The molecule has 0 bridgehead atoms. The molecule has 2 heterocycles. The molecule has 2 aliphatic heterocycles. The second-order valence-corrected chi connectivity index (χ2v) is 13.2. The summed E-state index contributed by atoms with van der Waals surface area (Å²) in [6.45, 7) is 9.59. The van der Waals surface area contributed by atoms with E-state index >= 15 is 0 Å². The van der Waals surface area contributed by atoms with Crippen molar-refractivity contribution in [3.8, 4) is 6.07 Å². The summed E-state index contributed by atoms with van der Waals surface area (Å²) in [5, 5.41) is 19.3. The van der Waals surface area contributed by atoms with Crippen molar-refractivity contribution in [1.82, 2.24) is 20.9 Å². The molecule has 0 radical (unpaired) electrons. The second-order valence-electron chi connectivity index (χ2n) is 12.1. The molecule has 10 heteroatoms. The van der Waals surface area contributed by atoms with Gasteiger partial charge < -0.3 is 15.5 Å². The van der Waals surface area contributed by atoms with Gasteiger partial charge in [-0.15, -0.1) is 0 Å². The summed E-state index contributed by atoms with van der Waals surface area (Å²) in [6.07, 6.45) is 3.63. The molecule has 0 spiro atoms. The first-order valence-electron chi connectivity index (χ1n) is 12.8. The van der Waals surface area contributed by atoms with E-state index in [0.717, 1.165) is 35.1 Å². The Kier molecular flexibility index (Phi) is 7.33. The van der Waals surface area contributed by atoms with E-state index in [4.69, 9.17) is 5.73 Å². The first-order chi connectivity index (χ1) is 16.4. The Hall–Kier alpha value is -1.96. The van der Waals surface area contributed by atoms with Gasteiger partial charge in [0.15, 0.2) is 0 Å². The topological polar surface area (TPSA) is 140 Å². The third-order valence-electron chi connectivity index (χ3n) is 8.19. The molecule has 3 amide bonds. The molecule has 0 aromatic heterocycles. The van der Waals surface area contributed by atoms with Crippen LogP contribution in [0.25, 0.3) is 0 Å². The molecule has 2 saturated heterocycles. The molecule has 4 rings (SSSR count). The number of carbonyl (C=O) groups excluding carboxylic acids is 3. The van der Waals surface area contributed by atoms with Crippen molar-refractivity contribution in [2.45, 2.75) is 77.9 Å². The monoisotopic (exact) mass is 504 g/mol. The van der Waals surface area contributed by atoms with Crippen LogP contribution in [0.5, 0.6) is 0 Å². The highest BCUT2D eigenvalue weighted by Crippen LogP contribution is 2.65. The van der Waals surface area contributed by atoms with Crippen LogP contribution in [-0.2, 0) is 14.4 Å². The van der Waals surface area contributed by atoms with Crippen molar-refractivity contribution in [3.05, 3.63) is 0 Å². The number of nitrogens with zero attached hydrogens (tertiary/aromatic N) is 2. The predicted molar refractivity (Wildman–Crippen MR) is 137 cm³/mol. The number of carbonyl (C=O) groups is 3. The van der Waals surface area contributed by atoms with Gasteiger partial charge in [0.1, 0.15) is 12.1 Å². The van der Waals surface area contributed by atoms with Gasteiger partial charge in [-0.05, 0) is 54.1 Å². The van der Waals surface area contributed by atoms with E-state index in [0.29, 0.717) is 38.4 Å². The Balaban J connectivity index is 1.39. The van der Waals surface area contributed by atoms with Gasteiger partial charge in [0.05, 0.1) is 11.2 Å². The Morgan fingerprint density at radius 1 is 1.34 bits per heavy atom. The molecular formula is C25H40N6O3S. The zero-order valence-corrected chi connectivity index (χ0v) is 22.2. The van der Waals surface area contributed by atoms with Crippen LogP contribution in [0.3, 0.4) is 0 Å². The number of piperidine rings is 1. The first kappa shape index (κ1) is 26.1. The fourth-order valence-electron chi connectivity index (χ4n) is 5.75. The fraction of sp³-hybridized carbons (Fsp3) is 0.800. The van der Waals surface area contributed by atoms with E-state index in [1.54, 1.807) is 4.90 Å². The number of fused-ring (bicyclic) bond motifs is 1. The molecule has 0 aromatic rings. The second kappa shape index (κ2) is 9.83. The Morgan fingerprint density at radius 2 is 2.06 bits per heavy atom. The van der Waals surface area contributed by atoms with Gasteiger partial charge in [-0.25, -0.2) is 0 Å². The van der Waals surface area contributed by atoms with Gasteiger partial charge in [-0.3, -0.25) is 25.4 Å². The normalized spacial score (nSPS) is 30.6. The minimum Gasteiger partial charge on any atom is -0.356 e. The summed E-state index contributed by atoms with van der Waals surface area (Å²) in [4.78, 5) is 40.5. The van der Waals surface area contributed by atoms with E-state index < -0.39 is 12.1 Å². The Bertz CT molecular complexity index is 953. The van der Waals surface area contributed by atoms with Crippen LogP contribution in [0.4, 0.5) is 0 Å². The molecule has 2 aliphatic carbocycles. The SMILES string of the molecule is CC(C)(C/[SH]=C(\N)NC1CC1)CC(=O)N1C[C@H]2C([C@H]1C(=O)N[C@H](C#N)C[C@@H]1CCNC1=O)C2(C)C. The molecule has 35 heavy (non-hydrogen) atoms. The minimum absolute atomic E-state index is 0.00170. The van der Waals surface area contributed by atoms with Crippen LogP contribution < -0.4 is 21.7 Å². The van der Waals surface area contributed by atoms with Crippen molar-refractivity contribution in [2.24, 2.45) is 34.3 Å². The molecule has 4 fully saturated rings. The molecule has 5 atom stereocenters. The highest BCUT2D eigenvalue weighted by atomic mass is 32.1. The highest BCUT2D eigenvalue weighted by Gasteiger charge is 2.69. The molecule has 194 valence electrons. The average molecular weight is 505 g/mol. The maximum absolute atomic E-state index is 13.4. The highest BCUT2D eigenvalue weighted by molar-refractivity contribution is 7.98. The number of hydrogen-bond acceptors (Lipinski definition) is 4. The van der Waals surface area contributed by atoms with Gasteiger partial charge in [0, 0.05) is 31.5 Å². The van der Waals surface area contributed by atoms with Crippen molar-refractivity contribution in [2.75, 3.05) is 18.8 Å². The average Bonchev–Trinajstić information content (AvgIpc) is 3.54. The summed E-state index contributed by atoms with van der Waals surface area (Å²) in [5.74, 6) is 0.518. The number of amides is 3. The zero-order valence-electron chi connectivity index (χ0n) is 21.3. The maximum Gasteiger partial charge on any atom is 0.244 e. The Labute approximate surface area is 211 Å². The number of rotatable bonds is 9. The lowest BCUT2D eigenvalue weighted by atomic mass is 9.90. The molecule has 5 N–H and O–H groups in total. The lowest BCUT2D eigenvalue weighted by Gasteiger charge is -2.33. The van der Waals surface area contributed by atoms with Crippen LogP contribution >= 0.6 is 11.4 Å². The fourth-order valence-corrected chi connectivity index (χ4v) is 6.73. The number of nitriles is 1. The summed E-state index contributed by atoms with van der Waals surface area (Å²) in [5.41, 5.74) is 5.85. The van der Waals surface area contributed by atoms with Gasteiger partial charge in [-0.2, -0.15) is 16.6 Å². The van der Waals surface area contributed by atoms with Crippen molar-refractivity contribution in [1.29, 1.82) is 5.26 Å². The van der Waals surface area contributed by atoms with Gasteiger partial charge in [0.2, 0.25) is 17.7 Å². The third kappa shape index (κ3) is 5.89. The molecule has 1 unspecified atom stereocenters. The number of thiol groups is 1. The van der Waals surface area contributed by atoms with E-state index in [9.17, 15) is 19.6 Å². The van der Waals surface area contributed by atoms with Crippen molar-refractivity contribution >= 4 is 34.2 Å². The molecule has 2 saturated carbocycles. The summed E-state index contributed by atoms with van der Waals surface area (Å²) >= 11 is 0.994. The largest absolute Gasteiger partial charge is 0.356 e. The lowest BCUT2D eigenvalue weighted by molar-refractivity contribution is -0.141. The van der Waals surface area contributed by atoms with Gasteiger partial charge in [-0.1, -0.05) is 27.7 Å². The van der Waals surface area contributed by atoms with Crippen molar-refractivity contribution < 1.29 is 14.4 Å². The van der Waals surface area contributed by atoms with Crippen LogP contribution in [0.1, 0.15) is 59.8 Å². The number of nitrogens with two attached hydrogens (primary N) is 1. The van der Waals surface area contributed by atoms with Crippen molar-refractivity contribution in [3.63, 3.8) is 0 Å². The molecule has 4 aliphatic rings. The number of likely N-dealkylation sites (tertiary alicyclic amines) is 1. The smallest absolute Gasteiger partial charge is 0.244 e. The van der Waals surface area contributed by atoms with Gasteiger partial charge in [0.25, 0.3) is 0 Å². The number of nitrogens with one attached hydrogen (secondary N) is 3. The number of hydrogen-bond donors (Lipinski definition) is 5. The van der Waals surface area contributed by atoms with Crippen LogP contribution in [0.15, 0.2) is 0 Å². The van der Waals surface area contributed by atoms with E-state index in [2.05, 4.69) is 49.7 Å². The zero-order chi connectivity index (χ0) is 25.5. The standard InChI is InChI=1S/C25H40N6O3S/c1-24(2,13-35-23(27)30-15-5-6-15)10-18(32)31-12-17-19(25(17,3)4)20(31)22(34)29-16(11-26)9-14-7-8-28-21(14)33/h14-17,19-20,30,35H,5-10,12-13,27H2,1-4H3,(H,28,33)(H,29,34)/t14-,16-,17-,19?,20-/m0/s1. The molecule has 9 nitrogen and oxygen atoms in total. The van der Waals surface area contributed by atoms with E-state index in [1.807, 2.05) is 0 Å². The van der Waals surface area contributed by atoms with Crippen LogP contribution in [0.2, 0.25) is 0 Å². The molecular weight excluding hydrogens is 464 g/mol. The predicted octanol–water partition coefficient (Wildman–Crippen LogP) is 0.684. The van der Waals surface area contributed by atoms with E-state index in [-0.39, 0.29) is 46.3 Å². The summed E-state index contributed by atoms with van der Waals surface area (Å²) in [7, 11) is 0. The first-order valence-corrected chi connectivity index (χ1v) is 13.8. The maximum atomic E-state index is 13.4. The van der Waals surface area contributed by atoms with Crippen LogP contribution in [0, 0.1) is 39.9 Å². The quantitative estimate of drug-likeness (QED) is 0.231. The van der Waals surface area contributed by atoms with Gasteiger partial charge >= 0.3 is 0 Å². The molecule has 0 aromatic carbocycles. The Morgan fingerprint density at radius 3 is 2.66 bits per heavy atom. The third-order valence-corrected chi connectivity index (χ3v) is 9.67.